The lowest BCUT2D eigenvalue weighted by molar-refractivity contribution is 0.0633. The second-order valence-corrected chi connectivity index (χ2v) is 11.6. The van der Waals surface area contributed by atoms with Gasteiger partial charge in [0.15, 0.2) is 0 Å². The van der Waals surface area contributed by atoms with Crippen molar-refractivity contribution in [1.82, 2.24) is 0 Å². The smallest absolute Gasteiger partial charge is 0.373 e. The molecule has 28 heavy (non-hydrogen) atoms. The number of hydrogen-bond donors (Lipinski definition) is 0. The van der Waals surface area contributed by atoms with Crippen LogP contribution in [0.3, 0.4) is 0 Å². The molecule has 0 aromatic heterocycles. The Morgan fingerprint density at radius 2 is 0.964 bits per heavy atom. The SMILES string of the molecule is CCO[Si](OCC)(OCC)c1ccc(C(C)[Si](OCC)(OCC)OCC)cc1. The highest BCUT2D eigenvalue weighted by Crippen LogP contribution is 2.30. The van der Waals surface area contributed by atoms with Gasteiger partial charge < -0.3 is 26.6 Å². The molecule has 0 aliphatic heterocycles. The van der Waals surface area contributed by atoms with Gasteiger partial charge in [0.25, 0.3) is 0 Å². The third-order valence-corrected chi connectivity index (χ3v) is 10.8. The van der Waals surface area contributed by atoms with Crippen LogP contribution < -0.4 is 5.19 Å². The van der Waals surface area contributed by atoms with E-state index in [9.17, 15) is 0 Å². The van der Waals surface area contributed by atoms with E-state index >= 15 is 0 Å². The summed E-state index contributed by atoms with van der Waals surface area (Å²) in [7, 11) is -5.73. The molecule has 0 aliphatic carbocycles. The van der Waals surface area contributed by atoms with E-state index in [2.05, 4.69) is 19.1 Å². The van der Waals surface area contributed by atoms with Gasteiger partial charge in [-0.1, -0.05) is 31.2 Å². The summed E-state index contributed by atoms with van der Waals surface area (Å²) in [5.41, 5.74) is 1.13. The first-order valence-corrected chi connectivity index (χ1v) is 14.0. The van der Waals surface area contributed by atoms with Crippen molar-refractivity contribution < 1.29 is 26.6 Å². The van der Waals surface area contributed by atoms with E-state index in [1.54, 1.807) is 0 Å². The van der Waals surface area contributed by atoms with Crippen molar-refractivity contribution in [1.29, 1.82) is 0 Å². The predicted molar refractivity (Wildman–Crippen MR) is 116 cm³/mol. The highest BCUT2D eigenvalue weighted by Gasteiger charge is 2.48. The number of hydrogen-bond acceptors (Lipinski definition) is 6. The van der Waals surface area contributed by atoms with Crippen molar-refractivity contribution in [2.24, 2.45) is 0 Å². The second-order valence-electron chi connectivity index (χ2n) is 6.10. The Hall–Kier alpha value is -0.586. The molecule has 0 N–H and O–H groups in total. The van der Waals surface area contributed by atoms with Crippen LogP contribution in [0.4, 0.5) is 0 Å². The van der Waals surface area contributed by atoms with Crippen LogP contribution >= 0.6 is 0 Å². The second kappa shape index (κ2) is 12.9. The summed E-state index contributed by atoms with van der Waals surface area (Å²) in [5.74, 6) is 0. The molecule has 0 saturated carbocycles. The van der Waals surface area contributed by atoms with Crippen LogP contribution in [0.5, 0.6) is 0 Å². The number of rotatable bonds is 15. The quantitative estimate of drug-likeness (QED) is 0.396. The summed E-state index contributed by atoms with van der Waals surface area (Å²) in [6.07, 6.45) is 0. The summed E-state index contributed by atoms with van der Waals surface area (Å²) in [6.45, 7) is 17.2. The van der Waals surface area contributed by atoms with Crippen LogP contribution in [-0.4, -0.2) is 57.3 Å². The molecule has 1 atom stereocenters. The van der Waals surface area contributed by atoms with Crippen LogP contribution in [0, 0.1) is 0 Å². The molecule has 1 aromatic rings. The molecule has 162 valence electrons. The van der Waals surface area contributed by atoms with Gasteiger partial charge in [0, 0.05) is 44.8 Å². The molecule has 0 saturated heterocycles. The van der Waals surface area contributed by atoms with E-state index in [4.69, 9.17) is 26.6 Å². The molecular formula is C20H38O6Si2. The molecule has 8 heteroatoms. The highest BCUT2D eigenvalue weighted by atomic mass is 28.4. The first kappa shape index (κ1) is 25.5. The average Bonchev–Trinajstić information content (AvgIpc) is 2.68. The van der Waals surface area contributed by atoms with Crippen molar-refractivity contribution in [3.63, 3.8) is 0 Å². The maximum atomic E-state index is 6.07. The Kier molecular flexibility index (Phi) is 11.7. The first-order valence-electron chi connectivity index (χ1n) is 10.4. The largest absolute Gasteiger partial charge is 0.537 e. The molecule has 0 bridgehead atoms. The molecular weight excluding hydrogens is 392 g/mol. The lowest BCUT2D eigenvalue weighted by atomic mass is 10.2. The van der Waals surface area contributed by atoms with Gasteiger partial charge in [-0.25, -0.2) is 0 Å². The van der Waals surface area contributed by atoms with Crippen LogP contribution in [0.15, 0.2) is 24.3 Å². The fraction of sp³-hybridized carbons (Fsp3) is 0.700. The molecule has 0 radical (unpaired) electrons. The molecule has 6 nitrogen and oxygen atoms in total. The van der Waals surface area contributed by atoms with Crippen LogP contribution in [0.2, 0.25) is 0 Å². The fourth-order valence-corrected chi connectivity index (χ4v) is 8.50. The third-order valence-electron chi connectivity index (χ3n) is 4.33. The summed E-state index contributed by atoms with van der Waals surface area (Å²) in [4.78, 5) is 0. The molecule has 1 unspecified atom stereocenters. The van der Waals surface area contributed by atoms with Gasteiger partial charge in [-0.05, 0) is 47.1 Å². The molecule has 0 aliphatic rings. The molecule has 1 aromatic carbocycles. The Labute approximate surface area is 173 Å². The maximum absolute atomic E-state index is 6.07. The fourth-order valence-electron chi connectivity index (χ4n) is 3.23. The Morgan fingerprint density at radius 1 is 0.607 bits per heavy atom. The summed E-state index contributed by atoms with van der Waals surface area (Å²) in [5, 5.41) is 0.963. The Morgan fingerprint density at radius 3 is 1.29 bits per heavy atom. The van der Waals surface area contributed by atoms with Gasteiger partial charge in [-0.3, -0.25) is 0 Å². The zero-order valence-corrected chi connectivity index (χ0v) is 20.6. The summed E-state index contributed by atoms with van der Waals surface area (Å²) >= 11 is 0. The zero-order chi connectivity index (χ0) is 21.0. The van der Waals surface area contributed by atoms with E-state index in [0.717, 1.165) is 10.8 Å². The van der Waals surface area contributed by atoms with Crippen LogP contribution in [0.25, 0.3) is 0 Å². The minimum atomic E-state index is -2.90. The normalized spacial score (nSPS) is 13.7. The molecule has 0 spiro atoms. The highest BCUT2D eigenvalue weighted by molar-refractivity contribution is 6.75. The predicted octanol–water partition coefficient (Wildman–Crippen LogP) is 3.63. The van der Waals surface area contributed by atoms with Gasteiger partial charge in [0.1, 0.15) is 0 Å². The monoisotopic (exact) mass is 430 g/mol. The van der Waals surface area contributed by atoms with Gasteiger partial charge >= 0.3 is 17.6 Å². The van der Waals surface area contributed by atoms with Crippen LogP contribution in [0.1, 0.15) is 59.6 Å². The standard InChI is InChI=1S/C20H38O6Si2/c1-8-21-27(22-9-2,23-10-3)18(7)19-14-16-20(17-15-19)28(24-11-4,25-12-5)26-13-6/h14-18H,8-13H2,1-7H3. The van der Waals surface area contributed by atoms with Crippen molar-refractivity contribution in [2.45, 2.75) is 54.0 Å². The Balaban J connectivity index is 3.23. The minimum absolute atomic E-state index is 0.0174. The van der Waals surface area contributed by atoms with Gasteiger partial charge in [0.2, 0.25) is 0 Å². The van der Waals surface area contributed by atoms with Crippen LogP contribution in [-0.2, 0) is 26.6 Å². The Bertz CT molecular complexity index is 506. The van der Waals surface area contributed by atoms with E-state index < -0.39 is 17.6 Å². The first-order chi connectivity index (χ1) is 13.5. The van der Waals surface area contributed by atoms with Gasteiger partial charge in [0.05, 0.1) is 5.54 Å². The topological polar surface area (TPSA) is 55.4 Å². The summed E-state index contributed by atoms with van der Waals surface area (Å²) < 4.78 is 36.2. The van der Waals surface area contributed by atoms with Crippen molar-refractivity contribution in [3.8, 4) is 0 Å². The summed E-state index contributed by atoms with van der Waals surface area (Å²) in [6, 6.07) is 8.25. The van der Waals surface area contributed by atoms with Crippen molar-refractivity contribution in [2.75, 3.05) is 39.6 Å². The van der Waals surface area contributed by atoms with Gasteiger partial charge in [-0.2, -0.15) is 0 Å². The molecule has 0 heterocycles. The minimum Gasteiger partial charge on any atom is -0.373 e. The van der Waals surface area contributed by atoms with E-state index in [0.29, 0.717) is 39.6 Å². The number of benzene rings is 1. The zero-order valence-electron chi connectivity index (χ0n) is 18.6. The molecule has 0 amide bonds. The lowest BCUT2D eigenvalue weighted by Crippen LogP contribution is -2.57. The van der Waals surface area contributed by atoms with Crippen molar-refractivity contribution in [3.05, 3.63) is 29.8 Å². The maximum Gasteiger partial charge on any atom is 0.537 e. The molecule has 1 rings (SSSR count). The van der Waals surface area contributed by atoms with E-state index in [-0.39, 0.29) is 5.54 Å². The van der Waals surface area contributed by atoms with Gasteiger partial charge in [-0.15, -0.1) is 0 Å². The lowest BCUT2D eigenvalue weighted by Gasteiger charge is -2.34. The third kappa shape index (κ3) is 6.20. The molecule has 0 fully saturated rings. The van der Waals surface area contributed by atoms with Crippen molar-refractivity contribution >= 4 is 22.8 Å². The average molecular weight is 431 g/mol. The van der Waals surface area contributed by atoms with E-state index in [1.807, 2.05) is 53.7 Å². The van der Waals surface area contributed by atoms with E-state index in [1.165, 1.54) is 0 Å².